The van der Waals surface area contributed by atoms with Gasteiger partial charge in [-0.2, -0.15) is 0 Å². The normalized spacial score (nSPS) is 17.9. The largest absolute Gasteiger partial charge is 0.467 e. The molecule has 1 aliphatic heterocycles. The van der Waals surface area contributed by atoms with Crippen LogP contribution in [-0.4, -0.2) is 69.7 Å². The molecule has 0 spiro atoms. The van der Waals surface area contributed by atoms with E-state index < -0.39 is 46.2 Å². The fraction of sp³-hybridized carbons (Fsp3) is 0.609. The maximum Gasteiger partial charge on any atom is 0.411 e. The van der Waals surface area contributed by atoms with Gasteiger partial charge in [-0.25, -0.2) is 14.4 Å². The van der Waals surface area contributed by atoms with E-state index in [0.29, 0.717) is 0 Å². The number of carbonyl (C=O) groups excluding carboxylic acids is 3. The molecule has 0 bridgehead atoms. The van der Waals surface area contributed by atoms with Gasteiger partial charge in [0.15, 0.2) is 0 Å². The molecule has 34 heavy (non-hydrogen) atoms. The number of nitrogens with zero attached hydrogens (tertiary/aromatic N) is 2. The van der Waals surface area contributed by atoms with E-state index in [1.165, 1.54) is 16.9 Å². The summed E-state index contributed by atoms with van der Waals surface area (Å²) >= 11 is 17.1. The fourth-order valence-corrected chi connectivity index (χ4v) is 3.43. The van der Waals surface area contributed by atoms with Gasteiger partial charge in [-0.3, -0.25) is 9.80 Å². The highest BCUT2D eigenvalue weighted by Gasteiger charge is 2.45. The van der Waals surface area contributed by atoms with Crippen molar-refractivity contribution in [2.24, 2.45) is 0 Å². The van der Waals surface area contributed by atoms with Crippen LogP contribution in [0, 0.1) is 0 Å². The standard InChI is InChI=1S/C21H27Cl3N2O6.C2H6/c1-20(2,3)32-19(29)26-12-15(10-16(26)17(27)30-4)25(11-14-8-6-5-7-9-14)18(28)31-13-21(22,23)24;1-2/h5-9,15-16H,10-13H2,1-4H3;1-2H3/t15-,16-;/m0./s1. The first-order valence-corrected chi connectivity index (χ1v) is 12.1. The van der Waals surface area contributed by atoms with E-state index in [-0.39, 0.29) is 19.5 Å². The van der Waals surface area contributed by atoms with Crippen LogP contribution < -0.4 is 0 Å². The molecule has 0 N–H and O–H groups in total. The summed E-state index contributed by atoms with van der Waals surface area (Å²) < 4.78 is 13.7. The minimum Gasteiger partial charge on any atom is -0.467 e. The van der Waals surface area contributed by atoms with Gasteiger partial charge in [-0.1, -0.05) is 79.0 Å². The molecule has 192 valence electrons. The quantitative estimate of drug-likeness (QED) is 0.276. The molecular weight excluding hydrogens is 507 g/mol. The van der Waals surface area contributed by atoms with E-state index in [1.807, 2.05) is 44.2 Å². The summed E-state index contributed by atoms with van der Waals surface area (Å²) in [5.74, 6) is -0.604. The molecular formula is C23H33Cl3N2O6. The van der Waals surface area contributed by atoms with Crippen LogP contribution in [0.4, 0.5) is 9.59 Å². The third-order valence-corrected chi connectivity index (χ3v) is 4.94. The van der Waals surface area contributed by atoms with Crippen molar-refractivity contribution >= 4 is 53.0 Å². The zero-order valence-electron chi connectivity index (χ0n) is 20.3. The molecule has 11 heteroatoms. The molecule has 2 atom stereocenters. The highest BCUT2D eigenvalue weighted by atomic mass is 35.6. The molecule has 0 radical (unpaired) electrons. The lowest BCUT2D eigenvalue weighted by molar-refractivity contribution is -0.145. The smallest absolute Gasteiger partial charge is 0.411 e. The zero-order chi connectivity index (χ0) is 26.1. The Hall–Kier alpha value is -1.90. The zero-order valence-corrected chi connectivity index (χ0v) is 22.6. The van der Waals surface area contributed by atoms with Crippen LogP contribution in [0.25, 0.3) is 0 Å². The summed E-state index contributed by atoms with van der Waals surface area (Å²) in [6.07, 6.45) is -1.27. The Morgan fingerprint density at radius 1 is 1.09 bits per heavy atom. The van der Waals surface area contributed by atoms with Gasteiger partial charge in [0.05, 0.1) is 13.2 Å². The molecule has 2 amide bonds. The van der Waals surface area contributed by atoms with Gasteiger partial charge >= 0.3 is 18.2 Å². The number of hydrogen-bond donors (Lipinski definition) is 0. The van der Waals surface area contributed by atoms with Gasteiger partial charge < -0.3 is 14.2 Å². The number of methoxy groups -OCH3 is 1. The minimum absolute atomic E-state index is 0.0460. The number of carbonyl (C=O) groups is 3. The van der Waals surface area contributed by atoms with Crippen molar-refractivity contribution in [2.75, 3.05) is 20.3 Å². The first-order chi connectivity index (χ1) is 15.8. The Labute approximate surface area is 216 Å². The van der Waals surface area contributed by atoms with Gasteiger partial charge in [0, 0.05) is 19.5 Å². The predicted octanol–water partition coefficient (Wildman–Crippen LogP) is 5.57. The Balaban J connectivity index is 0.00000281. The van der Waals surface area contributed by atoms with E-state index >= 15 is 0 Å². The fourth-order valence-electron chi connectivity index (χ4n) is 3.27. The Bertz CT molecular complexity index is 811. The number of alkyl halides is 3. The molecule has 0 saturated carbocycles. The minimum atomic E-state index is -1.78. The van der Waals surface area contributed by atoms with Crippen LogP contribution in [0.1, 0.15) is 46.6 Å². The van der Waals surface area contributed by atoms with Crippen LogP contribution in [0.2, 0.25) is 0 Å². The first-order valence-electron chi connectivity index (χ1n) is 10.9. The van der Waals surface area contributed by atoms with E-state index in [2.05, 4.69) is 0 Å². The van der Waals surface area contributed by atoms with Crippen LogP contribution in [0.15, 0.2) is 30.3 Å². The van der Waals surface area contributed by atoms with Gasteiger partial charge in [0.1, 0.15) is 18.2 Å². The predicted molar refractivity (Wildman–Crippen MR) is 132 cm³/mol. The highest BCUT2D eigenvalue weighted by molar-refractivity contribution is 6.67. The van der Waals surface area contributed by atoms with E-state index in [1.54, 1.807) is 20.8 Å². The maximum absolute atomic E-state index is 12.9. The Morgan fingerprint density at radius 3 is 2.18 bits per heavy atom. The maximum atomic E-state index is 12.9. The van der Waals surface area contributed by atoms with Crippen LogP contribution in [0.5, 0.6) is 0 Å². The number of ether oxygens (including phenoxy) is 3. The van der Waals surface area contributed by atoms with Crippen LogP contribution >= 0.6 is 34.8 Å². The second-order valence-electron chi connectivity index (χ2n) is 8.34. The summed E-state index contributed by atoms with van der Waals surface area (Å²) in [7, 11) is 1.24. The molecule has 2 rings (SSSR count). The lowest BCUT2D eigenvalue weighted by atomic mass is 10.1. The topological polar surface area (TPSA) is 85.4 Å². The van der Waals surface area contributed by atoms with Crippen molar-refractivity contribution in [1.82, 2.24) is 9.80 Å². The number of hydrogen-bond acceptors (Lipinski definition) is 6. The van der Waals surface area contributed by atoms with Crippen molar-refractivity contribution in [3.05, 3.63) is 35.9 Å². The third kappa shape index (κ3) is 9.76. The number of rotatable bonds is 5. The molecule has 8 nitrogen and oxygen atoms in total. The average Bonchev–Trinajstić information content (AvgIpc) is 3.21. The number of halogens is 3. The Kier molecular flexibility index (Phi) is 11.7. The highest BCUT2D eigenvalue weighted by Crippen LogP contribution is 2.29. The van der Waals surface area contributed by atoms with Crippen LogP contribution in [-0.2, 0) is 25.5 Å². The van der Waals surface area contributed by atoms with E-state index in [9.17, 15) is 14.4 Å². The van der Waals surface area contributed by atoms with E-state index in [4.69, 9.17) is 49.0 Å². The molecule has 1 fully saturated rings. The van der Waals surface area contributed by atoms with Crippen molar-refractivity contribution in [2.45, 2.75) is 69.1 Å². The summed E-state index contributed by atoms with van der Waals surface area (Å²) in [6, 6.07) is 7.72. The number of amides is 2. The summed E-state index contributed by atoms with van der Waals surface area (Å²) in [4.78, 5) is 40.7. The van der Waals surface area contributed by atoms with Crippen molar-refractivity contribution in [3.8, 4) is 0 Å². The lowest BCUT2D eigenvalue weighted by Gasteiger charge is -2.29. The van der Waals surface area contributed by atoms with Gasteiger partial charge in [0.2, 0.25) is 3.79 Å². The molecule has 0 aromatic heterocycles. The number of esters is 1. The SMILES string of the molecule is CC.COC(=O)[C@@H]1C[C@H](N(Cc2ccccc2)C(=O)OCC(Cl)(Cl)Cl)CN1C(=O)OC(C)(C)C. The average molecular weight is 540 g/mol. The van der Waals surface area contributed by atoms with Gasteiger partial charge in [-0.15, -0.1) is 0 Å². The molecule has 1 saturated heterocycles. The molecule has 0 aliphatic carbocycles. The van der Waals surface area contributed by atoms with Crippen molar-refractivity contribution < 1.29 is 28.6 Å². The number of likely N-dealkylation sites (tertiary alicyclic amines) is 1. The Morgan fingerprint density at radius 2 is 1.68 bits per heavy atom. The second-order valence-corrected chi connectivity index (χ2v) is 10.9. The monoisotopic (exact) mass is 538 g/mol. The van der Waals surface area contributed by atoms with Gasteiger partial charge in [0.25, 0.3) is 0 Å². The molecule has 1 heterocycles. The number of benzene rings is 1. The molecule has 1 aliphatic rings. The summed E-state index contributed by atoms with van der Waals surface area (Å²) in [6.45, 7) is 8.93. The van der Waals surface area contributed by atoms with Crippen LogP contribution in [0.3, 0.4) is 0 Å². The lowest BCUT2D eigenvalue weighted by Crippen LogP contribution is -2.45. The molecule has 0 unspecified atom stereocenters. The van der Waals surface area contributed by atoms with E-state index in [0.717, 1.165) is 5.56 Å². The first kappa shape index (κ1) is 30.1. The molecule has 1 aromatic carbocycles. The molecule has 1 aromatic rings. The summed E-state index contributed by atoms with van der Waals surface area (Å²) in [5.41, 5.74) is 0.0618. The third-order valence-electron chi connectivity index (χ3n) is 4.61. The van der Waals surface area contributed by atoms with Crippen molar-refractivity contribution in [3.63, 3.8) is 0 Å². The van der Waals surface area contributed by atoms with Crippen molar-refractivity contribution in [1.29, 1.82) is 0 Å². The second kappa shape index (κ2) is 13.3. The summed E-state index contributed by atoms with van der Waals surface area (Å²) in [5, 5.41) is 0. The van der Waals surface area contributed by atoms with Gasteiger partial charge in [-0.05, 0) is 26.3 Å².